The molecular formula is C9H10Cl3NO2. The van der Waals surface area contributed by atoms with E-state index in [1.807, 2.05) is 0 Å². The Balaban J connectivity index is 0.00000196. The Hall–Kier alpha value is -0.480. The summed E-state index contributed by atoms with van der Waals surface area (Å²) in [6.07, 6.45) is 0.242. The lowest BCUT2D eigenvalue weighted by atomic mass is 10.1. The smallest absolute Gasteiger partial charge is 0.320 e. The molecule has 0 saturated carbocycles. The fourth-order valence-electron chi connectivity index (χ4n) is 1.01. The molecule has 1 atom stereocenters. The topological polar surface area (TPSA) is 63.3 Å². The van der Waals surface area contributed by atoms with Crippen LogP contribution in [0.15, 0.2) is 18.2 Å². The van der Waals surface area contributed by atoms with E-state index < -0.39 is 12.0 Å². The Morgan fingerprint density at radius 1 is 1.40 bits per heavy atom. The third kappa shape index (κ3) is 4.26. The van der Waals surface area contributed by atoms with E-state index in [1.54, 1.807) is 18.2 Å². The number of aliphatic carboxylic acids is 1. The molecule has 0 aliphatic heterocycles. The zero-order valence-corrected chi connectivity index (χ0v) is 9.94. The van der Waals surface area contributed by atoms with Crippen molar-refractivity contribution < 1.29 is 9.90 Å². The molecule has 0 aromatic heterocycles. The summed E-state index contributed by atoms with van der Waals surface area (Å²) in [7, 11) is 0. The lowest BCUT2D eigenvalue weighted by Gasteiger charge is -2.06. The van der Waals surface area contributed by atoms with E-state index in [9.17, 15) is 4.79 Å². The molecule has 0 unspecified atom stereocenters. The van der Waals surface area contributed by atoms with Gasteiger partial charge in [0.1, 0.15) is 6.04 Å². The van der Waals surface area contributed by atoms with Crippen LogP contribution < -0.4 is 5.73 Å². The van der Waals surface area contributed by atoms with E-state index >= 15 is 0 Å². The zero-order valence-electron chi connectivity index (χ0n) is 7.61. The van der Waals surface area contributed by atoms with E-state index in [1.165, 1.54) is 0 Å². The molecule has 1 rings (SSSR count). The summed E-state index contributed by atoms with van der Waals surface area (Å²) in [5, 5.41) is 9.43. The molecule has 0 heterocycles. The SMILES string of the molecule is Cl.N[C@@H](Cc1ccc(Cl)c(Cl)c1)C(=O)O. The summed E-state index contributed by atoms with van der Waals surface area (Å²) < 4.78 is 0. The largest absolute Gasteiger partial charge is 0.480 e. The van der Waals surface area contributed by atoms with Gasteiger partial charge >= 0.3 is 5.97 Å². The highest BCUT2D eigenvalue weighted by Gasteiger charge is 2.12. The van der Waals surface area contributed by atoms with Gasteiger partial charge in [0.2, 0.25) is 0 Å². The molecule has 15 heavy (non-hydrogen) atoms. The van der Waals surface area contributed by atoms with E-state index in [4.69, 9.17) is 34.0 Å². The predicted octanol–water partition coefficient (Wildman–Crippen LogP) is 2.37. The summed E-state index contributed by atoms with van der Waals surface area (Å²) in [5.74, 6) is -1.03. The van der Waals surface area contributed by atoms with Crippen molar-refractivity contribution in [3.05, 3.63) is 33.8 Å². The fourth-order valence-corrected chi connectivity index (χ4v) is 1.33. The van der Waals surface area contributed by atoms with Crippen LogP contribution >= 0.6 is 35.6 Å². The fraction of sp³-hybridized carbons (Fsp3) is 0.222. The number of nitrogens with two attached hydrogens (primary N) is 1. The highest BCUT2D eigenvalue weighted by atomic mass is 35.5. The predicted molar refractivity (Wildman–Crippen MR) is 63.0 cm³/mol. The number of carboxylic acids is 1. The third-order valence-electron chi connectivity index (χ3n) is 1.76. The first-order valence-electron chi connectivity index (χ1n) is 3.93. The second kappa shape index (κ2) is 6.18. The zero-order chi connectivity index (χ0) is 10.7. The van der Waals surface area contributed by atoms with Gasteiger partial charge in [-0.25, -0.2) is 0 Å². The Morgan fingerprint density at radius 3 is 2.47 bits per heavy atom. The first-order chi connectivity index (χ1) is 6.50. The van der Waals surface area contributed by atoms with Gasteiger partial charge in [-0.2, -0.15) is 0 Å². The highest BCUT2D eigenvalue weighted by molar-refractivity contribution is 6.42. The van der Waals surface area contributed by atoms with Crippen LogP contribution in [0.1, 0.15) is 5.56 Å². The van der Waals surface area contributed by atoms with Gasteiger partial charge < -0.3 is 10.8 Å². The minimum absolute atomic E-state index is 0. The van der Waals surface area contributed by atoms with Crippen LogP contribution in [0.3, 0.4) is 0 Å². The van der Waals surface area contributed by atoms with Crippen molar-refractivity contribution in [1.29, 1.82) is 0 Å². The van der Waals surface area contributed by atoms with E-state index in [0.717, 1.165) is 5.56 Å². The number of benzene rings is 1. The number of rotatable bonds is 3. The van der Waals surface area contributed by atoms with Crippen LogP contribution in [0.5, 0.6) is 0 Å². The Kier molecular flexibility index (Phi) is 5.98. The first-order valence-corrected chi connectivity index (χ1v) is 4.68. The molecule has 0 radical (unpaired) electrons. The maximum Gasteiger partial charge on any atom is 0.320 e. The molecule has 3 N–H and O–H groups in total. The second-order valence-corrected chi connectivity index (χ2v) is 3.71. The van der Waals surface area contributed by atoms with Gasteiger partial charge in [0.25, 0.3) is 0 Å². The lowest BCUT2D eigenvalue weighted by Crippen LogP contribution is -2.32. The number of halogens is 3. The van der Waals surface area contributed by atoms with Gasteiger partial charge in [0.15, 0.2) is 0 Å². The molecule has 6 heteroatoms. The van der Waals surface area contributed by atoms with Gasteiger partial charge in [0, 0.05) is 0 Å². The Labute approximate surface area is 104 Å². The average molecular weight is 271 g/mol. The first kappa shape index (κ1) is 14.5. The van der Waals surface area contributed by atoms with E-state index in [0.29, 0.717) is 10.0 Å². The summed E-state index contributed by atoms with van der Waals surface area (Å²) >= 11 is 11.5. The second-order valence-electron chi connectivity index (χ2n) is 2.90. The van der Waals surface area contributed by atoms with Crippen molar-refractivity contribution in [2.75, 3.05) is 0 Å². The number of hydrogen-bond acceptors (Lipinski definition) is 2. The van der Waals surface area contributed by atoms with Gasteiger partial charge in [-0.1, -0.05) is 29.3 Å². The molecule has 0 amide bonds. The van der Waals surface area contributed by atoms with E-state index in [2.05, 4.69) is 0 Å². The highest BCUT2D eigenvalue weighted by Crippen LogP contribution is 2.22. The molecule has 1 aromatic rings. The monoisotopic (exact) mass is 269 g/mol. The van der Waals surface area contributed by atoms with Crippen molar-refractivity contribution in [1.82, 2.24) is 0 Å². The Bertz CT molecular complexity index is 357. The van der Waals surface area contributed by atoms with E-state index in [-0.39, 0.29) is 18.8 Å². The van der Waals surface area contributed by atoms with Crippen molar-refractivity contribution in [3.8, 4) is 0 Å². The molecule has 0 bridgehead atoms. The van der Waals surface area contributed by atoms with Gasteiger partial charge in [-0.3, -0.25) is 4.79 Å². The molecule has 0 spiro atoms. The minimum atomic E-state index is -1.03. The minimum Gasteiger partial charge on any atom is -0.480 e. The molecule has 3 nitrogen and oxygen atoms in total. The van der Waals surface area contributed by atoms with Gasteiger partial charge in [-0.05, 0) is 24.1 Å². The molecule has 84 valence electrons. The van der Waals surface area contributed by atoms with Crippen LogP contribution in [0.25, 0.3) is 0 Å². The summed E-state index contributed by atoms with van der Waals surface area (Å²) in [4.78, 5) is 10.5. The number of hydrogen-bond donors (Lipinski definition) is 2. The lowest BCUT2D eigenvalue weighted by molar-refractivity contribution is -0.138. The van der Waals surface area contributed by atoms with Crippen molar-refractivity contribution in [3.63, 3.8) is 0 Å². The number of carboxylic acid groups (broad SMARTS) is 1. The summed E-state index contributed by atoms with van der Waals surface area (Å²) in [6, 6.07) is 4.03. The van der Waals surface area contributed by atoms with Crippen molar-refractivity contribution in [2.45, 2.75) is 12.5 Å². The molecule has 0 saturated heterocycles. The Morgan fingerprint density at radius 2 is 2.00 bits per heavy atom. The standard InChI is InChI=1S/C9H9Cl2NO2.ClH/c10-6-2-1-5(3-7(6)11)4-8(12)9(13)14;/h1-3,8H,4,12H2,(H,13,14);1H/t8-;/m0./s1. The summed E-state index contributed by atoms with van der Waals surface area (Å²) in [6.45, 7) is 0. The quantitative estimate of drug-likeness (QED) is 0.886. The van der Waals surface area contributed by atoms with Crippen LogP contribution in [0.4, 0.5) is 0 Å². The molecular weight excluding hydrogens is 260 g/mol. The maximum atomic E-state index is 10.5. The average Bonchev–Trinajstić information content (AvgIpc) is 2.11. The van der Waals surface area contributed by atoms with Gasteiger partial charge in [0.05, 0.1) is 10.0 Å². The van der Waals surface area contributed by atoms with Crippen molar-refractivity contribution in [2.24, 2.45) is 5.73 Å². The third-order valence-corrected chi connectivity index (χ3v) is 2.50. The summed E-state index contributed by atoms with van der Waals surface area (Å²) in [5.41, 5.74) is 6.12. The molecule has 1 aromatic carbocycles. The normalized spacial score (nSPS) is 11.7. The van der Waals surface area contributed by atoms with Crippen LogP contribution in [-0.2, 0) is 11.2 Å². The molecule has 0 aliphatic rings. The maximum absolute atomic E-state index is 10.5. The molecule has 0 fully saturated rings. The molecule has 0 aliphatic carbocycles. The number of carbonyl (C=O) groups is 1. The van der Waals surface area contributed by atoms with Crippen LogP contribution in [0.2, 0.25) is 10.0 Å². The van der Waals surface area contributed by atoms with Crippen LogP contribution in [0, 0.1) is 0 Å². The van der Waals surface area contributed by atoms with Crippen LogP contribution in [-0.4, -0.2) is 17.1 Å². The van der Waals surface area contributed by atoms with Crippen molar-refractivity contribution >= 4 is 41.6 Å². The van der Waals surface area contributed by atoms with Gasteiger partial charge in [-0.15, -0.1) is 12.4 Å².